The van der Waals surface area contributed by atoms with Gasteiger partial charge in [0, 0.05) is 6.54 Å². The SMILES string of the molecule is Oc1ccc(C2CCN(CC(O)COCc3ccco3)CC2)cc1. The lowest BCUT2D eigenvalue weighted by Crippen LogP contribution is -2.39. The molecule has 130 valence electrons. The zero-order valence-electron chi connectivity index (χ0n) is 13.8. The molecule has 0 spiro atoms. The van der Waals surface area contributed by atoms with E-state index in [2.05, 4.69) is 4.90 Å². The Kier molecular flexibility index (Phi) is 5.91. The predicted molar refractivity (Wildman–Crippen MR) is 90.9 cm³/mol. The number of aliphatic hydroxyl groups excluding tert-OH is 1. The molecule has 1 aromatic heterocycles. The summed E-state index contributed by atoms with van der Waals surface area (Å²) in [5, 5.41) is 19.5. The molecule has 2 N–H and O–H groups in total. The Bertz CT molecular complexity index is 588. The van der Waals surface area contributed by atoms with E-state index < -0.39 is 6.10 Å². The zero-order valence-corrected chi connectivity index (χ0v) is 13.8. The number of hydrogen-bond donors (Lipinski definition) is 2. The minimum Gasteiger partial charge on any atom is -0.508 e. The van der Waals surface area contributed by atoms with Crippen molar-refractivity contribution >= 4 is 0 Å². The second kappa shape index (κ2) is 8.33. The summed E-state index contributed by atoms with van der Waals surface area (Å²) in [6, 6.07) is 11.2. The number of β-amino-alcohol motifs (C(OH)–C–C–N with tert-alkyl or cyclic N) is 1. The molecule has 1 atom stereocenters. The average molecular weight is 331 g/mol. The second-order valence-electron chi connectivity index (χ2n) is 6.41. The van der Waals surface area contributed by atoms with Crippen molar-refractivity contribution in [1.82, 2.24) is 4.90 Å². The van der Waals surface area contributed by atoms with Crippen LogP contribution in [-0.2, 0) is 11.3 Å². The van der Waals surface area contributed by atoms with E-state index in [0.29, 0.717) is 31.4 Å². The fourth-order valence-electron chi connectivity index (χ4n) is 3.24. The molecule has 1 fully saturated rings. The summed E-state index contributed by atoms with van der Waals surface area (Å²) in [6.45, 7) is 3.30. The van der Waals surface area contributed by atoms with Gasteiger partial charge in [0.2, 0.25) is 0 Å². The Balaban J connectivity index is 1.36. The van der Waals surface area contributed by atoms with E-state index in [1.807, 2.05) is 24.3 Å². The van der Waals surface area contributed by atoms with Gasteiger partial charge in [0.1, 0.15) is 18.1 Å². The van der Waals surface area contributed by atoms with Crippen molar-refractivity contribution in [2.45, 2.75) is 31.5 Å². The van der Waals surface area contributed by atoms with E-state index in [1.165, 1.54) is 5.56 Å². The second-order valence-corrected chi connectivity index (χ2v) is 6.41. The first kappa shape index (κ1) is 17.0. The van der Waals surface area contributed by atoms with Gasteiger partial charge in [-0.2, -0.15) is 0 Å². The van der Waals surface area contributed by atoms with Crippen LogP contribution in [0.2, 0.25) is 0 Å². The molecule has 1 unspecified atom stereocenters. The summed E-state index contributed by atoms with van der Waals surface area (Å²) < 4.78 is 10.7. The summed E-state index contributed by atoms with van der Waals surface area (Å²) in [7, 11) is 0. The molecule has 5 nitrogen and oxygen atoms in total. The fourth-order valence-corrected chi connectivity index (χ4v) is 3.24. The maximum atomic E-state index is 10.1. The standard InChI is InChI=1S/C19H25NO4/c21-17-5-3-15(4-6-17)16-7-9-20(10-8-16)12-18(22)13-23-14-19-2-1-11-24-19/h1-6,11,16,18,21-22H,7-10,12-14H2. The van der Waals surface area contributed by atoms with Crippen LogP contribution in [0.4, 0.5) is 0 Å². The molecule has 24 heavy (non-hydrogen) atoms. The van der Waals surface area contributed by atoms with E-state index in [0.717, 1.165) is 31.7 Å². The van der Waals surface area contributed by atoms with Crippen molar-refractivity contribution in [2.24, 2.45) is 0 Å². The van der Waals surface area contributed by atoms with Crippen LogP contribution in [0.1, 0.15) is 30.1 Å². The van der Waals surface area contributed by atoms with Crippen LogP contribution < -0.4 is 0 Å². The van der Waals surface area contributed by atoms with Crippen LogP contribution in [0.5, 0.6) is 5.75 Å². The number of ether oxygens (including phenoxy) is 1. The third kappa shape index (κ3) is 4.84. The molecule has 5 heteroatoms. The Morgan fingerprint density at radius 3 is 2.58 bits per heavy atom. The van der Waals surface area contributed by atoms with Crippen LogP contribution in [0.3, 0.4) is 0 Å². The largest absolute Gasteiger partial charge is 0.508 e. The van der Waals surface area contributed by atoms with Gasteiger partial charge in [-0.3, -0.25) is 0 Å². The lowest BCUT2D eigenvalue weighted by molar-refractivity contribution is 0.00174. The average Bonchev–Trinajstić information content (AvgIpc) is 3.10. The summed E-state index contributed by atoms with van der Waals surface area (Å²) >= 11 is 0. The molecule has 2 heterocycles. The van der Waals surface area contributed by atoms with E-state index in [9.17, 15) is 10.2 Å². The highest BCUT2D eigenvalue weighted by atomic mass is 16.5. The maximum absolute atomic E-state index is 10.1. The Labute approximate surface area is 142 Å². The smallest absolute Gasteiger partial charge is 0.129 e. The molecule has 3 rings (SSSR count). The molecule has 0 bridgehead atoms. The van der Waals surface area contributed by atoms with Gasteiger partial charge >= 0.3 is 0 Å². The number of aromatic hydroxyl groups is 1. The lowest BCUT2D eigenvalue weighted by Gasteiger charge is -2.33. The summed E-state index contributed by atoms with van der Waals surface area (Å²) in [4.78, 5) is 2.29. The number of nitrogens with zero attached hydrogens (tertiary/aromatic N) is 1. The first-order chi connectivity index (χ1) is 11.7. The first-order valence-corrected chi connectivity index (χ1v) is 8.50. The molecule has 0 amide bonds. The first-order valence-electron chi connectivity index (χ1n) is 8.50. The van der Waals surface area contributed by atoms with Gasteiger partial charge in [-0.05, 0) is 61.7 Å². The number of benzene rings is 1. The van der Waals surface area contributed by atoms with Crippen LogP contribution in [0, 0.1) is 0 Å². The fraction of sp³-hybridized carbons (Fsp3) is 0.474. The predicted octanol–water partition coefficient (Wildman–Crippen LogP) is 2.74. The lowest BCUT2D eigenvalue weighted by atomic mass is 9.89. The van der Waals surface area contributed by atoms with Crippen molar-refractivity contribution in [3.63, 3.8) is 0 Å². The van der Waals surface area contributed by atoms with E-state index in [4.69, 9.17) is 9.15 Å². The number of likely N-dealkylation sites (tertiary alicyclic amines) is 1. The van der Waals surface area contributed by atoms with Crippen molar-refractivity contribution in [3.8, 4) is 5.75 Å². The minimum absolute atomic E-state index is 0.314. The Morgan fingerprint density at radius 1 is 1.17 bits per heavy atom. The molecule has 1 saturated heterocycles. The quantitative estimate of drug-likeness (QED) is 0.817. The molecule has 2 aromatic rings. The molecule has 1 aliphatic rings. The third-order valence-electron chi connectivity index (χ3n) is 4.56. The van der Waals surface area contributed by atoms with Crippen molar-refractivity contribution in [1.29, 1.82) is 0 Å². The molecular formula is C19H25NO4. The molecular weight excluding hydrogens is 306 g/mol. The van der Waals surface area contributed by atoms with Gasteiger partial charge in [0.05, 0.1) is 19.0 Å². The van der Waals surface area contributed by atoms with E-state index in [1.54, 1.807) is 18.4 Å². The van der Waals surface area contributed by atoms with Gasteiger partial charge in [0.25, 0.3) is 0 Å². The molecule has 0 aliphatic carbocycles. The van der Waals surface area contributed by atoms with Gasteiger partial charge in [-0.15, -0.1) is 0 Å². The molecule has 1 aliphatic heterocycles. The number of hydrogen-bond acceptors (Lipinski definition) is 5. The highest BCUT2D eigenvalue weighted by Gasteiger charge is 2.22. The molecule has 1 aromatic carbocycles. The van der Waals surface area contributed by atoms with Crippen molar-refractivity contribution in [2.75, 3.05) is 26.2 Å². The normalized spacial score (nSPS) is 17.9. The van der Waals surface area contributed by atoms with Crippen LogP contribution in [0.15, 0.2) is 47.1 Å². The number of furan rings is 1. The highest BCUT2D eigenvalue weighted by Crippen LogP contribution is 2.29. The van der Waals surface area contributed by atoms with E-state index >= 15 is 0 Å². The summed E-state index contributed by atoms with van der Waals surface area (Å²) in [5.41, 5.74) is 1.29. The minimum atomic E-state index is -0.481. The maximum Gasteiger partial charge on any atom is 0.129 e. The number of rotatable bonds is 7. The number of piperidine rings is 1. The number of phenols is 1. The van der Waals surface area contributed by atoms with Gasteiger partial charge < -0.3 is 24.3 Å². The number of aliphatic hydroxyl groups is 1. The topological polar surface area (TPSA) is 66.1 Å². The van der Waals surface area contributed by atoms with Crippen molar-refractivity contribution < 1.29 is 19.4 Å². The van der Waals surface area contributed by atoms with Crippen LogP contribution >= 0.6 is 0 Å². The zero-order chi connectivity index (χ0) is 16.8. The summed E-state index contributed by atoms with van der Waals surface area (Å²) in [6.07, 6.45) is 3.29. The van der Waals surface area contributed by atoms with Gasteiger partial charge in [-0.25, -0.2) is 0 Å². The molecule has 0 saturated carbocycles. The number of phenolic OH excluding ortho intramolecular Hbond substituents is 1. The van der Waals surface area contributed by atoms with Crippen LogP contribution in [0.25, 0.3) is 0 Å². The van der Waals surface area contributed by atoms with Gasteiger partial charge in [-0.1, -0.05) is 12.1 Å². The summed E-state index contributed by atoms with van der Waals surface area (Å²) in [5.74, 6) is 1.62. The van der Waals surface area contributed by atoms with E-state index in [-0.39, 0.29) is 0 Å². The van der Waals surface area contributed by atoms with Crippen LogP contribution in [-0.4, -0.2) is 47.5 Å². The Hall–Kier alpha value is -1.82. The molecule has 0 radical (unpaired) electrons. The van der Waals surface area contributed by atoms with Crippen molar-refractivity contribution in [3.05, 3.63) is 54.0 Å². The Morgan fingerprint density at radius 2 is 1.92 bits per heavy atom. The van der Waals surface area contributed by atoms with Gasteiger partial charge in [0.15, 0.2) is 0 Å². The highest BCUT2D eigenvalue weighted by molar-refractivity contribution is 5.28. The third-order valence-corrected chi connectivity index (χ3v) is 4.56. The monoisotopic (exact) mass is 331 g/mol.